The maximum atomic E-state index is 13.2. The minimum Gasteiger partial charge on any atom is -0.456 e. The lowest BCUT2D eigenvalue weighted by Crippen LogP contribution is -2.33. The van der Waals surface area contributed by atoms with Crippen molar-refractivity contribution in [2.45, 2.75) is 51.8 Å². The van der Waals surface area contributed by atoms with Gasteiger partial charge >= 0.3 is 5.97 Å². The van der Waals surface area contributed by atoms with Crippen LogP contribution >= 0.6 is 0 Å². The average Bonchev–Trinajstić information content (AvgIpc) is 3.41. The van der Waals surface area contributed by atoms with Crippen LogP contribution in [0.3, 0.4) is 0 Å². The maximum Gasteiger partial charge on any atom is 0.323 e. The fraction of sp³-hybridized carbons (Fsp3) is 0.375. The van der Waals surface area contributed by atoms with E-state index in [-0.39, 0.29) is 17.6 Å². The lowest BCUT2D eigenvalue weighted by atomic mass is 10.0. The average molecular weight is 403 g/mol. The van der Waals surface area contributed by atoms with Crippen molar-refractivity contribution in [1.29, 1.82) is 0 Å². The third kappa shape index (κ3) is 3.03. The molecule has 0 unspecified atom stereocenters. The van der Waals surface area contributed by atoms with Gasteiger partial charge in [0.25, 0.3) is 5.56 Å². The van der Waals surface area contributed by atoms with E-state index in [1.807, 2.05) is 44.2 Å². The molecule has 2 aliphatic heterocycles. The predicted octanol–water partition coefficient (Wildman–Crippen LogP) is 3.48. The van der Waals surface area contributed by atoms with Gasteiger partial charge in [-0.2, -0.15) is 0 Å². The van der Waals surface area contributed by atoms with Crippen LogP contribution in [0.2, 0.25) is 0 Å². The molecule has 30 heavy (non-hydrogen) atoms. The Hall–Kier alpha value is -2.99. The molecule has 2 aliphatic rings. The van der Waals surface area contributed by atoms with E-state index in [0.717, 1.165) is 52.8 Å². The van der Waals surface area contributed by atoms with E-state index in [9.17, 15) is 9.59 Å². The molecule has 1 N–H and O–H groups in total. The first kappa shape index (κ1) is 19.0. The topological polar surface area (TPSA) is 73.2 Å². The number of esters is 1. The zero-order valence-corrected chi connectivity index (χ0v) is 17.3. The number of nitrogens with zero attached hydrogens (tertiary/aromatic N) is 2. The zero-order chi connectivity index (χ0) is 20.8. The quantitative estimate of drug-likeness (QED) is 0.528. The number of hydrogen-bond donors (Lipinski definition) is 1. The Balaban J connectivity index is 1.57. The number of carbonyl (C=O) groups excluding carboxylic acids is 1. The molecule has 2 atom stereocenters. The van der Waals surface area contributed by atoms with Crippen molar-refractivity contribution in [3.63, 3.8) is 0 Å². The van der Waals surface area contributed by atoms with E-state index in [2.05, 4.69) is 11.4 Å². The van der Waals surface area contributed by atoms with Gasteiger partial charge in [-0.15, -0.1) is 0 Å². The van der Waals surface area contributed by atoms with Gasteiger partial charge in [-0.05, 0) is 50.9 Å². The molecule has 5 rings (SSSR count). The number of hydrogen-bond acceptors (Lipinski definition) is 5. The first-order chi connectivity index (χ1) is 14.6. The maximum absolute atomic E-state index is 13.2. The Labute approximate surface area is 174 Å². The van der Waals surface area contributed by atoms with Gasteiger partial charge in [0.2, 0.25) is 0 Å². The molecule has 0 amide bonds. The second-order valence-electron chi connectivity index (χ2n) is 8.17. The minimum atomic E-state index is -0.442. The van der Waals surface area contributed by atoms with E-state index in [4.69, 9.17) is 9.72 Å². The van der Waals surface area contributed by atoms with Crippen LogP contribution in [0.4, 0.5) is 0 Å². The summed E-state index contributed by atoms with van der Waals surface area (Å²) in [5.41, 5.74) is 4.96. The lowest BCUT2D eigenvalue weighted by Gasteiger charge is -2.21. The second kappa shape index (κ2) is 7.36. The third-order valence-corrected chi connectivity index (χ3v) is 6.28. The Morgan fingerprint density at radius 2 is 2.17 bits per heavy atom. The number of rotatable bonds is 4. The molecule has 0 saturated carbocycles. The van der Waals surface area contributed by atoms with Crippen LogP contribution in [0.5, 0.6) is 0 Å². The summed E-state index contributed by atoms with van der Waals surface area (Å²) in [6.45, 7) is 5.16. The molecule has 0 spiro atoms. The highest BCUT2D eigenvalue weighted by Crippen LogP contribution is 2.35. The molecule has 6 nitrogen and oxygen atoms in total. The van der Waals surface area contributed by atoms with Crippen LogP contribution in [0.1, 0.15) is 49.0 Å². The highest BCUT2D eigenvalue weighted by molar-refractivity contribution is 5.84. The number of benzene rings is 1. The second-order valence-corrected chi connectivity index (χ2v) is 8.17. The number of pyridine rings is 2. The van der Waals surface area contributed by atoms with Gasteiger partial charge in [0, 0.05) is 22.1 Å². The number of fused-ring (bicyclic) bond motifs is 4. The SMILES string of the molecule is CC[C@@H](OC(=O)[C@H]1CCCN1)c1cc2n(c(=O)c1C)Cc1cc3ccccc3nc1-2. The van der Waals surface area contributed by atoms with Crippen molar-refractivity contribution in [2.75, 3.05) is 6.54 Å². The van der Waals surface area contributed by atoms with Crippen LogP contribution in [0, 0.1) is 6.92 Å². The molecule has 4 heterocycles. The lowest BCUT2D eigenvalue weighted by molar-refractivity contribution is -0.151. The Morgan fingerprint density at radius 1 is 1.33 bits per heavy atom. The molecule has 0 aliphatic carbocycles. The number of ether oxygens (including phenoxy) is 1. The third-order valence-electron chi connectivity index (χ3n) is 6.28. The molecule has 0 bridgehead atoms. The number of aromatic nitrogens is 2. The summed E-state index contributed by atoms with van der Waals surface area (Å²) in [5.74, 6) is -0.233. The first-order valence-corrected chi connectivity index (χ1v) is 10.6. The normalized spacial score (nSPS) is 18.3. The van der Waals surface area contributed by atoms with Gasteiger partial charge in [0.15, 0.2) is 0 Å². The number of carbonyl (C=O) groups is 1. The minimum absolute atomic E-state index is 0.0435. The molecule has 3 aromatic rings. The van der Waals surface area contributed by atoms with Crippen LogP contribution in [-0.4, -0.2) is 28.1 Å². The zero-order valence-electron chi connectivity index (χ0n) is 17.3. The van der Waals surface area contributed by atoms with Gasteiger partial charge in [0.1, 0.15) is 12.1 Å². The fourth-order valence-electron chi connectivity index (χ4n) is 4.60. The van der Waals surface area contributed by atoms with Crippen molar-refractivity contribution in [2.24, 2.45) is 0 Å². The molecule has 154 valence electrons. The van der Waals surface area contributed by atoms with Crippen molar-refractivity contribution < 1.29 is 9.53 Å². The molecular weight excluding hydrogens is 378 g/mol. The van der Waals surface area contributed by atoms with E-state index >= 15 is 0 Å². The van der Waals surface area contributed by atoms with E-state index in [1.54, 1.807) is 4.57 Å². The molecule has 1 saturated heterocycles. The van der Waals surface area contributed by atoms with Crippen LogP contribution in [0.25, 0.3) is 22.3 Å². The standard InChI is InChI=1S/C24H25N3O3/c1-3-21(30-24(29)19-9-6-10-25-19)17-12-20-22-16(13-27(20)23(28)14(17)2)11-15-7-4-5-8-18(15)26-22/h4-5,7-8,11-12,19,21,25H,3,6,9-10,13H2,1-2H3/t19-,21-/m1/s1. The first-order valence-electron chi connectivity index (χ1n) is 10.6. The van der Waals surface area contributed by atoms with Gasteiger partial charge < -0.3 is 14.6 Å². The van der Waals surface area contributed by atoms with E-state index in [0.29, 0.717) is 18.5 Å². The van der Waals surface area contributed by atoms with Crippen LogP contribution in [-0.2, 0) is 16.1 Å². The Bertz CT molecular complexity index is 1210. The Morgan fingerprint density at radius 3 is 2.93 bits per heavy atom. The summed E-state index contributed by atoms with van der Waals surface area (Å²) in [7, 11) is 0. The smallest absolute Gasteiger partial charge is 0.323 e. The van der Waals surface area contributed by atoms with Crippen molar-refractivity contribution >= 4 is 16.9 Å². The molecule has 1 fully saturated rings. The number of nitrogens with one attached hydrogen (secondary N) is 1. The largest absolute Gasteiger partial charge is 0.456 e. The summed E-state index contributed by atoms with van der Waals surface area (Å²) in [4.78, 5) is 30.6. The van der Waals surface area contributed by atoms with Crippen LogP contribution in [0.15, 0.2) is 41.2 Å². The van der Waals surface area contributed by atoms with E-state index in [1.165, 1.54) is 0 Å². The van der Waals surface area contributed by atoms with Crippen molar-refractivity contribution in [3.05, 3.63) is 63.4 Å². The molecule has 2 aromatic heterocycles. The molecule has 6 heteroatoms. The van der Waals surface area contributed by atoms with Gasteiger partial charge in [-0.3, -0.25) is 9.59 Å². The summed E-state index contributed by atoms with van der Waals surface area (Å²) in [6, 6.07) is 11.8. The van der Waals surface area contributed by atoms with E-state index < -0.39 is 6.10 Å². The predicted molar refractivity (Wildman–Crippen MR) is 115 cm³/mol. The fourth-order valence-corrected chi connectivity index (χ4v) is 4.60. The number of para-hydroxylation sites is 1. The van der Waals surface area contributed by atoms with Gasteiger partial charge in [0.05, 0.1) is 23.4 Å². The van der Waals surface area contributed by atoms with Gasteiger partial charge in [-0.1, -0.05) is 25.1 Å². The van der Waals surface area contributed by atoms with Gasteiger partial charge in [-0.25, -0.2) is 4.98 Å². The highest BCUT2D eigenvalue weighted by Gasteiger charge is 2.30. The highest BCUT2D eigenvalue weighted by atomic mass is 16.5. The monoisotopic (exact) mass is 403 g/mol. The summed E-state index contributed by atoms with van der Waals surface area (Å²) >= 11 is 0. The summed E-state index contributed by atoms with van der Waals surface area (Å²) in [6.07, 6.45) is 1.95. The summed E-state index contributed by atoms with van der Waals surface area (Å²) < 4.78 is 7.63. The Kier molecular flexibility index (Phi) is 4.66. The molecule has 0 radical (unpaired) electrons. The molecule has 1 aromatic carbocycles. The van der Waals surface area contributed by atoms with Crippen LogP contribution < -0.4 is 10.9 Å². The van der Waals surface area contributed by atoms with Crippen molar-refractivity contribution in [3.8, 4) is 11.4 Å². The summed E-state index contributed by atoms with van der Waals surface area (Å²) in [5, 5.41) is 4.25. The van der Waals surface area contributed by atoms with Crippen molar-refractivity contribution in [1.82, 2.24) is 14.9 Å². The molecular formula is C24H25N3O3.